The van der Waals surface area contributed by atoms with Gasteiger partial charge in [-0.25, -0.2) is 0 Å². The van der Waals surface area contributed by atoms with Gasteiger partial charge < -0.3 is 9.26 Å². The fourth-order valence-corrected chi connectivity index (χ4v) is 0.552. The van der Waals surface area contributed by atoms with Crippen molar-refractivity contribution in [1.29, 1.82) is 0 Å². The molecule has 0 aromatic rings. The van der Waals surface area contributed by atoms with Gasteiger partial charge in [0.05, 0.1) is 13.2 Å². The molecule has 0 saturated heterocycles. The molecule has 0 heterocycles. The van der Waals surface area contributed by atoms with Crippen LogP contribution in [0.1, 0.15) is 19.8 Å². The molecule has 0 amide bonds. The normalized spacial score (nSPS) is 10.0. The average Bonchev–Trinajstić information content (AvgIpc) is 1.89. The van der Waals surface area contributed by atoms with Crippen LogP contribution in [0.4, 0.5) is 0 Å². The molecule has 0 fully saturated rings. The Bertz CT molecular complexity index is 44.3. The van der Waals surface area contributed by atoms with Crippen LogP contribution in [-0.2, 0) is 9.26 Å². The number of unbranched alkanes of at least 4 members (excludes halogenated alkanes) is 1. The molecule has 0 aliphatic rings. The van der Waals surface area contributed by atoms with Gasteiger partial charge in [0, 0.05) is 16.1 Å². The van der Waals surface area contributed by atoms with Crippen LogP contribution >= 0.6 is 9.47 Å². The van der Waals surface area contributed by atoms with Gasteiger partial charge in [0.15, 0.2) is 0 Å². The topological polar surface area (TPSA) is 18.5 Å². The molecule has 2 nitrogen and oxygen atoms in total. The van der Waals surface area contributed by atoms with Crippen molar-refractivity contribution in [1.82, 2.24) is 0 Å². The van der Waals surface area contributed by atoms with E-state index in [2.05, 4.69) is 16.4 Å². The van der Waals surface area contributed by atoms with E-state index in [1.165, 1.54) is 6.42 Å². The summed E-state index contributed by atoms with van der Waals surface area (Å²) in [5.74, 6) is 0. The third-order valence-corrected chi connectivity index (χ3v) is 1.22. The number of hydrogen-bond acceptors (Lipinski definition) is 2. The first kappa shape index (κ1) is 9.35. The van der Waals surface area contributed by atoms with Crippen molar-refractivity contribution in [2.45, 2.75) is 19.8 Å². The summed E-state index contributed by atoms with van der Waals surface area (Å²) in [6.07, 6.45) is 2.35. The molecule has 0 N–H and O–H groups in total. The fourth-order valence-electron chi connectivity index (χ4n) is 0.455. The summed E-state index contributed by atoms with van der Waals surface area (Å²) in [7, 11) is 2.20. The monoisotopic (exact) mass is 150 g/mol. The van der Waals surface area contributed by atoms with Gasteiger partial charge in [0.2, 0.25) is 0 Å². The average molecular weight is 150 g/mol. The van der Waals surface area contributed by atoms with Gasteiger partial charge >= 0.3 is 0 Å². The second kappa shape index (κ2) is 8.35. The van der Waals surface area contributed by atoms with Crippen molar-refractivity contribution >= 4 is 9.47 Å². The third-order valence-electron chi connectivity index (χ3n) is 0.988. The van der Waals surface area contributed by atoms with Gasteiger partial charge in [-0.3, -0.25) is 0 Å². The van der Waals surface area contributed by atoms with Crippen molar-refractivity contribution in [3.63, 3.8) is 0 Å². The van der Waals surface area contributed by atoms with E-state index >= 15 is 0 Å². The van der Waals surface area contributed by atoms with Crippen LogP contribution in [0.2, 0.25) is 0 Å². The van der Waals surface area contributed by atoms with Crippen molar-refractivity contribution in [3.8, 4) is 0 Å². The van der Waals surface area contributed by atoms with E-state index in [-0.39, 0.29) is 0 Å². The van der Waals surface area contributed by atoms with Crippen molar-refractivity contribution in [3.05, 3.63) is 0 Å². The van der Waals surface area contributed by atoms with Crippen molar-refractivity contribution < 1.29 is 9.26 Å². The maximum atomic E-state index is 5.18. The van der Waals surface area contributed by atoms with Crippen LogP contribution in [0.5, 0.6) is 0 Å². The highest BCUT2D eigenvalue weighted by atomic mass is 31.0. The van der Waals surface area contributed by atoms with Gasteiger partial charge in [-0.2, -0.15) is 0 Å². The molecule has 0 aromatic heterocycles. The van der Waals surface area contributed by atoms with Gasteiger partial charge in [-0.15, -0.1) is 0 Å². The molecule has 0 aliphatic carbocycles. The molecule has 56 valence electrons. The smallest absolute Gasteiger partial charge is 0.0736 e. The Labute approximate surface area is 59.2 Å². The Morgan fingerprint density at radius 1 is 1.22 bits per heavy atom. The van der Waals surface area contributed by atoms with Crippen molar-refractivity contribution in [2.75, 3.05) is 19.8 Å². The predicted molar refractivity (Wildman–Crippen MR) is 41.4 cm³/mol. The van der Waals surface area contributed by atoms with E-state index in [9.17, 15) is 0 Å². The highest BCUT2D eigenvalue weighted by molar-refractivity contribution is 7.09. The summed E-state index contributed by atoms with van der Waals surface area (Å²) < 4.78 is 9.89. The SMILES string of the molecule is CCCCOCCOP. The van der Waals surface area contributed by atoms with Crippen LogP contribution in [0, 0.1) is 0 Å². The van der Waals surface area contributed by atoms with Crippen LogP contribution in [0.15, 0.2) is 0 Å². The lowest BCUT2D eigenvalue weighted by atomic mass is 10.4. The molecule has 0 aromatic carbocycles. The molecular formula is C6H15O2P. The zero-order valence-corrected chi connectivity index (χ0v) is 7.08. The van der Waals surface area contributed by atoms with Crippen LogP contribution in [-0.4, -0.2) is 19.8 Å². The van der Waals surface area contributed by atoms with E-state index in [0.29, 0.717) is 13.2 Å². The molecule has 0 spiro atoms. The molecule has 0 aliphatic heterocycles. The summed E-state index contributed by atoms with van der Waals surface area (Å²) in [6.45, 7) is 4.40. The minimum Gasteiger partial charge on any atom is -0.379 e. The van der Waals surface area contributed by atoms with Crippen LogP contribution in [0.3, 0.4) is 0 Å². The van der Waals surface area contributed by atoms with Crippen LogP contribution in [0.25, 0.3) is 0 Å². The Morgan fingerprint density at radius 3 is 2.56 bits per heavy atom. The number of ether oxygens (including phenoxy) is 1. The molecule has 3 heteroatoms. The first-order valence-electron chi connectivity index (χ1n) is 3.31. The molecule has 1 unspecified atom stereocenters. The van der Waals surface area contributed by atoms with E-state index in [0.717, 1.165) is 13.0 Å². The zero-order chi connectivity index (χ0) is 6.95. The third kappa shape index (κ3) is 8.35. The minimum absolute atomic E-state index is 0.675. The highest BCUT2D eigenvalue weighted by Gasteiger charge is 1.84. The Balaban J connectivity index is 2.60. The predicted octanol–water partition coefficient (Wildman–Crippen LogP) is 1.61. The molecule has 0 saturated carbocycles. The fraction of sp³-hybridized carbons (Fsp3) is 1.00. The first-order valence-corrected chi connectivity index (χ1v) is 3.78. The van der Waals surface area contributed by atoms with E-state index in [1.54, 1.807) is 0 Å². The highest BCUT2D eigenvalue weighted by Crippen LogP contribution is 1.89. The Kier molecular flexibility index (Phi) is 8.67. The second-order valence-corrected chi connectivity index (χ2v) is 2.17. The largest absolute Gasteiger partial charge is 0.379 e. The molecule has 0 bridgehead atoms. The van der Waals surface area contributed by atoms with E-state index in [1.807, 2.05) is 0 Å². The zero-order valence-electron chi connectivity index (χ0n) is 5.93. The van der Waals surface area contributed by atoms with Gasteiger partial charge in [-0.05, 0) is 6.42 Å². The van der Waals surface area contributed by atoms with Gasteiger partial charge in [0.1, 0.15) is 0 Å². The Morgan fingerprint density at radius 2 is 2.00 bits per heavy atom. The summed E-state index contributed by atoms with van der Waals surface area (Å²) in [4.78, 5) is 0. The Hall–Kier alpha value is 0.350. The first-order chi connectivity index (χ1) is 4.41. The lowest BCUT2D eigenvalue weighted by Crippen LogP contribution is -2.00. The molecule has 1 atom stereocenters. The van der Waals surface area contributed by atoms with Crippen molar-refractivity contribution in [2.24, 2.45) is 0 Å². The number of rotatable bonds is 6. The van der Waals surface area contributed by atoms with Gasteiger partial charge in [-0.1, -0.05) is 13.3 Å². The molecule has 0 rings (SSSR count). The van der Waals surface area contributed by atoms with E-state index in [4.69, 9.17) is 9.26 Å². The summed E-state index contributed by atoms with van der Waals surface area (Å²) >= 11 is 0. The van der Waals surface area contributed by atoms with E-state index < -0.39 is 0 Å². The molecule has 9 heavy (non-hydrogen) atoms. The lowest BCUT2D eigenvalue weighted by molar-refractivity contribution is 0.104. The quantitative estimate of drug-likeness (QED) is 0.423. The maximum absolute atomic E-state index is 5.18. The van der Waals surface area contributed by atoms with Crippen LogP contribution < -0.4 is 0 Å². The second-order valence-electron chi connectivity index (χ2n) is 1.84. The summed E-state index contributed by atoms with van der Waals surface area (Å²) in [6, 6.07) is 0. The maximum Gasteiger partial charge on any atom is 0.0736 e. The minimum atomic E-state index is 0.675. The van der Waals surface area contributed by atoms with Gasteiger partial charge in [0.25, 0.3) is 0 Å². The number of hydrogen-bond donors (Lipinski definition) is 0. The summed E-state index contributed by atoms with van der Waals surface area (Å²) in [5, 5.41) is 0. The molecular weight excluding hydrogens is 135 g/mol. The summed E-state index contributed by atoms with van der Waals surface area (Å²) in [5.41, 5.74) is 0. The lowest BCUT2D eigenvalue weighted by Gasteiger charge is -2.00. The molecule has 0 radical (unpaired) electrons. The standard InChI is InChI=1S/C6H15O2P/c1-2-3-4-7-5-6-8-9/h2-6,9H2,1H3.